The van der Waals surface area contributed by atoms with E-state index in [1.54, 1.807) is 0 Å². The second kappa shape index (κ2) is 9.62. The maximum absolute atomic E-state index is 13.5. The second-order valence-corrected chi connectivity index (χ2v) is 8.40. The van der Waals surface area contributed by atoms with Crippen LogP contribution in [-0.4, -0.2) is 23.5 Å². The van der Waals surface area contributed by atoms with Gasteiger partial charge in [-0.3, -0.25) is 10.1 Å². The first-order valence-electron chi connectivity index (χ1n) is 8.94. The molecule has 0 spiro atoms. The van der Waals surface area contributed by atoms with Crippen LogP contribution >= 0.6 is 11.9 Å². The SMILES string of the molecule is C[C@H]1[C@@H](C(=O)C2C=C(F)C(F)=C(F)C2)CCC(C(=[N-])C2NCNS2)[C@H]1C.[U]. The van der Waals surface area contributed by atoms with Crippen molar-refractivity contribution in [1.29, 1.82) is 0 Å². The van der Waals surface area contributed by atoms with Gasteiger partial charge in [0.1, 0.15) is 11.6 Å². The Morgan fingerprint density at radius 2 is 1.81 bits per heavy atom. The number of hydrogen-bond acceptors (Lipinski definition) is 4. The van der Waals surface area contributed by atoms with E-state index >= 15 is 0 Å². The largest absolute Gasteiger partial charge is 0.809 e. The normalized spacial score (nSPS) is 36.9. The van der Waals surface area contributed by atoms with Crippen LogP contribution in [0.2, 0.25) is 0 Å². The Morgan fingerprint density at radius 1 is 1.19 bits per heavy atom. The average Bonchev–Trinajstić information content (AvgIpc) is 3.15. The van der Waals surface area contributed by atoms with E-state index in [9.17, 15) is 23.4 Å². The van der Waals surface area contributed by atoms with Crippen LogP contribution in [0.25, 0.3) is 5.41 Å². The van der Waals surface area contributed by atoms with E-state index in [0.29, 0.717) is 25.2 Å². The number of nitrogens with one attached hydrogen (secondary N) is 2. The number of Topliss-reactive ketones (excluding diaryl/α,β-unsaturated/α-hetero) is 1. The molecule has 0 bridgehead atoms. The van der Waals surface area contributed by atoms with E-state index in [0.717, 1.165) is 6.08 Å². The molecule has 1 aliphatic heterocycles. The van der Waals surface area contributed by atoms with E-state index in [1.165, 1.54) is 11.9 Å². The number of allylic oxidation sites excluding steroid dienone is 4. The molecule has 4 nitrogen and oxygen atoms in total. The third kappa shape index (κ3) is 4.75. The molecule has 6 atom stereocenters. The molecule has 9 heteroatoms. The average molecular weight is 624 g/mol. The van der Waals surface area contributed by atoms with Crippen molar-refractivity contribution in [2.45, 2.75) is 38.5 Å². The molecule has 2 fully saturated rings. The van der Waals surface area contributed by atoms with Gasteiger partial charge in [-0.15, -0.1) is 0 Å². The molecule has 1 heterocycles. The molecular formula is C18H23F3N3OSU-. The first-order chi connectivity index (χ1) is 12.3. The molecule has 27 heavy (non-hydrogen) atoms. The molecule has 148 valence electrons. The Morgan fingerprint density at radius 3 is 2.41 bits per heavy atom. The maximum atomic E-state index is 13.5. The van der Waals surface area contributed by atoms with Crippen molar-refractivity contribution in [3.05, 3.63) is 29.0 Å². The van der Waals surface area contributed by atoms with Crippen molar-refractivity contribution in [3.8, 4) is 0 Å². The van der Waals surface area contributed by atoms with Gasteiger partial charge in [-0.25, -0.2) is 17.9 Å². The predicted octanol–water partition coefficient (Wildman–Crippen LogP) is 4.01. The third-order valence-electron chi connectivity index (χ3n) is 6.02. The van der Waals surface area contributed by atoms with Crippen molar-refractivity contribution in [2.75, 3.05) is 6.67 Å². The van der Waals surface area contributed by atoms with Gasteiger partial charge in [0, 0.05) is 49.4 Å². The van der Waals surface area contributed by atoms with Crippen LogP contribution in [0.1, 0.15) is 33.1 Å². The van der Waals surface area contributed by atoms with Gasteiger partial charge in [0.2, 0.25) is 0 Å². The van der Waals surface area contributed by atoms with Crippen molar-refractivity contribution >= 4 is 23.4 Å². The number of hydrogen-bond donors (Lipinski definition) is 2. The third-order valence-corrected chi connectivity index (χ3v) is 6.98. The summed E-state index contributed by atoms with van der Waals surface area (Å²) in [5.41, 5.74) is 0.380. The summed E-state index contributed by atoms with van der Waals surface area (Å²) in [5.74, 6) is -5.55. The zero-order chi connectivity index (χ0) is 19.0. The number of carbonyl (C=O) groups excluding carboxylic acids is 1. The van der Waals surface area contributed by atoms with Gasteiger partial charge in [0.15, 0.2) is 11.7 Å². The summed E-state index contributed by atoms with van der Waals surface area (Å²) in [6.45, 7) is 4.55. The van der Waals surface area contributed by atoms with Gasteiger partial charge in [0.05, 0.1) is 12.0 Å². The zero-order valence-electron chi connectivity index (χ0n) is 15.3. The summed E-state index contributed by atoms with van der Waals surface area (Å²) in [5, 5.41) is 13.6. The summed E-state index contributed by atoms with van der Waals surface area (Å²) in [4.78, 5) is 12.8. The Balaban J connectivity index is 0.00000261. The topological polar surface area (TPSA) is 63.4 Å². The summed E-state index contributed by atoms with van der Waals surface area (Å²) in [7, 11) is 0. The molecule has 0 radical (unpaired) electrons. The fourth-order valence-electron chi connectivity index (χ4n) is 4.28. The van der Waals surface area contributed by atoms with Gasteiger partial charge in [-0.05, 0) is 36.7 Å². The molecule has 2 N–H and O–H groups in total. The Kier molecular flexibility index (Phi) is 8.27. The van der Waals surface area contributed by atoms with Crippen LogP contribution in [0.3, 0.4) is 0 Å². The molecule has 3 aliphatic rings. The first kappa shape index (κ1) is 23.2. The summed E-state index contributed by atoms with van der Waals surface area (Å²) >= 11 is 1.43. The standard InChI is InChI=1S/C18H23F3N3OS.U/c1-8-9(2)12(4-3-11(8)16(22)18-23-7-24-26-18)17(25)10-5-13(19)15(21)14(20)6-10;/h5,8-12,18,23-24H,3-4,6-7H2,1-2H3;/q-1;/t8-,9+,10?,11?,12-,18?;/m0./s1. The smallest absolute Gasteiger partial charge is 0.189 e. The van der Waals surface area contributed by atoms with Gasteiger partial charge in [0.25, 0.3) is 0 Å². The molecule has 0 aromatic heterocycles. The summed E-state index contributed by atoms with van der Waals surface area (Å²) in [6.07, 6.45) is 1.67. The fraction of sp³-hybridized carbons (Fsp3) is 0.667. The van der Waals surface area contributed by atoms with Crippen molar-refractivity contribution in [1.82, 2.24) is 10.0 Å². The van der Waals surface area contributed by atoms with Crippen LogP contribution in [0.15, 0.2) is 23.6 Å². The number of ketones is 1. The first-order valence-corrected chi connectivity index (χ1v) is 9.82. The van der Waals surface area contributed by atoms with E-state index < -0.39 is 29.8 Å². The molecule has 0 aromatic rings. The minimum Gasteiger partial charge on any atom is -0.809 e. The molecular weight excluding hydrogens is 601 g/mol. The minimum absolute atomic E-state index is 0. The van der Waals surface area contributed by atoms with Crippen LogP contribution < -0.4 is 10.0 Å². The van der Waals surface area contributed by atoms with E-state index in [-0.39, 0.29) is 65.9 Å². The van der Waals surface area contributed by atoms with Crippen molar-refractivity contribution in [3.63, 3.8) is 0 Å². The van der Waals surface area contributed by atoms with Crippen LogP contribution in [0, 0.1) is 60.7 Å². The molecule has 1 saturated heterocycles. The number of carbonyl (C=O) groups is 1. The fourth-order valence-corrected chi connectivity index (χ4v) is 5.07. The van der Waals surface area contributed by atoms with Gasteiger partial charge < -0.3 is 5.41 Å². The van der Waals surface area contributed by atoms with E-state index in [2.05, 4.69) is 10.0 Å². The van der Waals surface area contributed by atoms with Gasteiger partial charge in [-0.2, -0.15) is 5.71 Å². The number of halogens is 3. The number of nitrogens with zero attached hydrogens (tertiary/aromatic N) is 1. The van der Waals surface area contributed by atoms with E-state index in [1.807, 2.05) is 13.8 Å². The van der Waals surface area contributed by atoms with Crippen LogP contribution in [-0.2, 0) is 4.79 Å². The maximum Gasteiger partial charge on any atom is 0.189 e. The molecule has 3 unspecified atom stereocenters. The Labute approximate surface area is 185 Å². The molecule has 1 saturated carbocycles. The molecule has 2 aliphatic carbocycles. The molecule has 3 rings (SSSR count). The monoisotopic (exact) mass is 624 g/mol. The van der Waals surface area contributed by atoms with Crippen molar-refractivity contribution < 1.29 is 49.1 Å². The van der Waals surface area contributed by atoms with E-state index in [4.69, 9.17) is 0 Å². The van der Waals surface area contributed by atoms with Gasteiger partial charge in [-0.1, -0.05) is 25.8 Å². The van der Waals surface area contributed by atoms with Crippen molar-refractivity contribution in [2.24, 2.45) is 29.6 Å². The molecule has 0 aromatic carbocycles. The van der Waals surface area contributed by atoms with Gasteiger partial charge >= 0.3 is 0 Å². The Bertz CT molecular complexity index is 666. The molecule has 0 amide bonds. The summed E-state index contributed by atoms with van der Waals surface area (Å²) in [6, 6.07) is 0. The van der Waals surface area contributed by atoms with Crippen LogP contribution in [0.4, 0.5) is 13.2 Å². The minimum atomic E-state index is -1.49. The zero-order valence-corrected chi connectivity index (χ0v) is 20.2. The summed E-state index contributed by atoms with van der Waals surface area (Å²) < 4.78 is 43.3. The number of rotatable bonds is 4. The van der Waals surface area contributed by atoms with Crippen LogP contribution in [0.5, 0.6) is 0 Å². The quantitative estimate of drug-likeness (QED) is 0.367. The predicted molar refractivity (Wildman–Crippen MR) is 97.0 cm³/mol. The Hall–Kier alpha value is -0.0681. The second-order valence-electron chi connectivity index (χ2n) is 7.40.